The van der Waals surface area contributed by atoms with Gasteiger partial charge in [0.25, 0.3) is 0 Å². The van der Waals surface area contributed by atoms with Gasteiger partial charge in [-0.25, -0.2) is 9.67 Å². The minimum atomic E-state index is 0.535. The third kappa shape index (κ3) is 2.33. The Hall–Kier alpha value is -2.35. The molecular weight excluding hydrogens is 228 g/mol. The Bertz CT molecular complexity index is 610. The number of hydrogen-bond acceptors (Lipinski definition) is 4. The van der Waals surface area contributed by atoms with Crippen LogP contribution in [0.15, 0.2) is 18.2 Å². The van der Waals surface area contributed by atoms with Crippen molar-refractivity contribution in [3.8, 4) is 11.8 Å². The van der Waals surface area contributed by atoms with E-state index in [1.165, 1.54) is 0 Å². The molecule has 5 heteroatoms. The predicted molar refractivity (Wildman–Crippen MR) is 66.3 cm³/mol. The number of aryl methyl sites for hydroxylation is 2. The van der Waals surface area contributed by atoms with Gasteiger partial charge in [-0.05, 0) is 31.5 Å². The van der Waals surface area contributed by atoms with E-state index in [2.05, 4.69) is 16.2 Å². The number of nitriles is 1. The molecule has 0 aliphatic heterocycles. The summed E-state index contributed by atoms with van der Waals surface area (Å²) in [6.45, 7) is 4.40. The fourth-order valence-corrected chi connectivity index (χ4v) is 1.81. The maximum Gasteiger partial charge on any atom is 0.147 e. The van der Waals surface area contributed by atoms with E-state index in [1.54, 1.807) is 13.2 Å². The first kappa shape index (κ1) is 12.1. The van der Waals surface area contributed by atoms with Crippen molar-refractivity contribution >= 4 is 0 Å². The van der Waals surface area contributed by atoms with Crippen LogP contribution in [0.3, 0.4) is 0 Å². The standard InChI is InChI=1S/C13H14N4O/c1-9-15-10(2)17(16-9)8-11-4-5-12(7-14)13(6-11)18-3/h4-6H,8H2,1-3H3. The second-order valence-electron chi connectivity index (χ2n) is 4.01. The molecule has 1 heterocycles. The van der Waals surface area contributed by atoms with Crippen LogP contribution in [-0.2, 0) is 6.54 Å². The molecule has 0 fully saturated rings. The van der Waals surface area contributed by atoms with E-state index < -0.39 is 0 Å². The van der Waals surface area contributed by atoms with Crippen molar-refractivity contribution < 1.29 is 4.74 Å². The molecule has 0 saturated heterocycles. The first-order valence-corrected chi connectivity index (χ1v) is 5.59. The smallest absolute Gasteiger partial charge is 0.147 e. The number of ether oxygens (including phenoxy) is 1. The molecule has 5 nitrogen and oxygen atoms in total. The minimum Gasteiger partial charge on any atom is -0.495 e. The highest BCUT2D eigenvalue weighted by Crippen LogP contribution is 2.19. The summed E-state index contributed by atoms with van der Waals surface area (Å²) in [7, 11) is 1.56. The van der Waals surface area contributed by atoms with Gasteiger partial charge in [0, 0.05) is 0 Å². The zero-order valence-electron chi connectivity index (χ0n) is 10.6. The van der Waals surface area contributed by atoms with Gasteiger partial charge in [-0.3, -0.25) is 0 Å². The molecule has 0 bridgehead atoms. The molecule has 18 heavy (non-hydrogen) atoms. The molecule has 0 spiro atoms. The Kier molecular flexibility index (Phi) is 3.28. The molecule has 92 valence electrons. The average molecular weight is 242 g/mol. The van der Waals surface area contributed by atoms with E-state index >= 15 is 0 Å². The Balaban J connectivity index is 2.30. The SMILES string of the molecule is COc1cc(Cn2nc(C)nc2C)ccc1C#N. The van der Waals surface area contributed by atoms with Gasteiger partial charge < -0.3 is 4.74 Å². The van der Waals surface area contributed by atoms with Crippen molar-refractivity contribution in [3.05, 3.63) is 41.0 Å². The van der Waals surface area contributed by atoms with Crippen LogP contribution in [0.25, 0.3) is 0 Å². The van der Waals surface area contributed by atoms with E-state index in [0.717, 1.165) is 17.2 Å². The molecule has 0 atom stereocenters. The van der Waals surface area contributed by atoms with Gasteiger partial charge >= 0.3 is 0 Å². The molecular formula is C13H14N4O. The quantitative estimate of drug-likeness (QED) is 0.823. The zero-order chi connectivity index (χ0) is 13.1. The summed E-state index contributed by atoms with van der Waals surface area (Å²) in [5, 5.41) is 13.2. The van der Waals surface area contributed by atoms with Crippen LogP contribution in [-0.4, -0.2) is 21.9 Å². The summed E-state index contributed by atoms with van der Waals surface area (Å²) >= 11 is 0. The highest BCUT2D eigenvalue weighted by atomic mass is 16.5. The second kappa shape index (κ2) is 4.88. The number of hydrogen-bond donors (Lipinski definition) is 0. The number of benzene rings is 1. The molecule has 1 aromatic heterocycles. The van der Waals surface area contributed by atoms with Gasteiger partial charge in [0.2, 0.25) is 0 Å². The largest absolute Gasteiger partial charge is 0.495 e. The van der Waals surface area contributed by atoms with E-state index in [9.17, 15) is 0 Å². The highest BCUT2D eigenvalue weighted by molar-refractivity contribution is 5.45. The third-order valence-electron chi connectivity index (χ3n) is 2.68. The van der Waals surface area contributed by atoms with Gasteiger partial charge in [0.05, 0.1) is 19.2 Å². The molecule has 2 aromatic rings. The zero-order valence-corrected chi connectivity index (χ0v) is 10.6. The average Bonchev–Trinajstić information content (AvgIpc) is 2.67. The van der Waals surface area contributed by atoms with Crippen LogP contribution >= 0.6 is 0 Å². The van der Waals surface area contributed by atoms with Gasteiger partial charge in [-0.1, -0.05) is 6.07 Å². The van der Waals surface area contributed by atoms with Gasteiger partial charge in [0.1, 0.15) is 23.5 Å². The fraction of sp³-hybridized carbons (Fsp3) is 0.308. The van der Waals surface area contributed by atoms with Crippen LogP contribution in [0.2, 0.25) is 0 Å². The van der Waals surface area contributed by atoms with Crippen LogP contribution < -0.4 is 4.74 Å². The van der Waals surface area contributed by atoms with Gasteiger partial charge in [0.15, 0.2) is 0 Å². The normalized spacial score (nSPS) is 10.1. The van der Waals surface area contributed by atoms with Crippen molar-refractivity contribution in [1.29, 1.82) is 5.26 Å². The summed E-state index contributed by atoms with van der Waals surface area (Å²) in [5.74, 6) is 2.22. The molecule has 0 N–H and O–H groups in total. The molecule has 0 saturated carbocycles. The Morgan fingerprint density at radius 1 is 1.39 bits per heavy atom. The highest BCUT2D eigenvalue weighted by Gasteiger charge is 2.07. The Morgan fingerprint density at radius 3 is 2.72 bits per heavy atom. The second-order valence-corrected chi connectivity index (χ2v) is 4.01. The lowest BCUT2D eigenvalue weighted by Gasteiger charge is -2.07. The van der Waals surface area contributed by atoms with Crippen molar-refractivity contribution in [3.63, 3.8) is 0 Å². The first-order valence-electron chi connectivity index (χ1n) is 5.59. The van der Waals surface area contributed by atoms with E-state index in [0.29, 0.717) is 17.9 Å². The Morgan fingerprint density at radius 2 is 2.17 bits per heavy atom. The monoisotopic (exact) mass is 242 g/mol. The molecule has 1 aromatic carbocycles. The maximum atomic E-state index is 8.92. The predicted octanol–water partition coefficient (Wildman–Crippen LogP) is 1.82. The third-order valence-corrected chi connectivity index (χ3v) is 2.68. The van der Waals surface area contributed by atoms with Crippen LogP contribution in [0.4, 0.5) is 0 Å². The van der Waals surface area contributed by atoms with Gasteiger partial charge in [-0.2, -0.15) is 10.4 Å². The summed E-state index contributed by atoms with van der Waals surface area (Å²) in [6.07, 6.45) is 0. The van der Waals surface area contributed by atoms with E-state index in [4.69, 9.17) is 10.00 Å². The Labute approximate surface area is 106 Å². The molecule has 0 unspecified atom stereocenters. The van der Waals surface area contributed by atoms with Crippen molar-refractivity contribution in [1.82, 2.24) is 14.8 Å². The number of methoxy groups -OCH3 is 1. The van der Waals surface area contributed by atoms with E-state index in [1.807, 2.05) is 30.7 Å². The topological polar surface area (TPSA) is 63.7 Å². The maximum absolute atomic E-state index is 8.92. The molecule has 0 amide bonds. The summed E-state index contributed by atoms with van der Waals surface area (Å²) in [5.41, 5.74) is 1.56. The number of nitrogens with zero attached hydrogens (tertiary/aromatic N) is 4. The van der Waals surface area contributed by atoms with Crippen molar-refractivity contribution in [2.45, 2.75) is 20.4 Å². The number of rotatable bonds is 3. The van der Waals surface area contributed by atoms with Crippen molar-refractivity contribution in [2.24, 2.45) is 0 Å². The van der Waals surface area contributed by atoms with Crippen LogP contribution in [0.5, 0.6) is 5.75 Å². The lowest BCUT2D eigenvalue weighted by molar-refractivity contribution is 0.412. The first-order chi connectivity index (χ1) is 8.63. The molecule has 0 aliphatic rings. The van der Waals surface area contributed by atoms with Crippen LogP contribution in [0.1, 0.15) is 22.8 Å². The van der Waals surface area contributed by atoms with Crippen molar-refractivity contribution in [2.75, 3.05) is 7.11 Å². The lowest BCUT2D eigenvalue weighted by atomic mass is 10.1. The molecule has 2 rings (SSSR count). The van der Waals surface area contributed by atoms with Gasteiger partial charge in [-0.15, -0.1) is 0 Å². The molecule has 0 aliphatic carbocycles. The van der Waals surface area contributed by atoms with E-state index in [-0.39, 0.29) is 0 Å². The summed E-state index contributed by atoms with van der Waals surface area (Å²) in [6, 6.07) is 7.61. The summed E-state index contributed by atoms with van der Waals surface area (Å²) in [4.78, 5) is 4.25. The molecule has 0 radical (unpaired) electrons. The van der Waals surface area contributed by atoms with Crippen LogP contribution in [0, 0.1) is 25.2 Å². The lowest BCUT2D eigenvalue weighted by Crippen LogP contribution is -2.04. The fourth-order valence-electron chi connectivity index (χ4n) is 1.81. The minimum absolute atomic E-state index is 0.535. The summed E-state index contributed by atoms with van der Waals surface area (Å²) < 4.78 is 7.01. The number of aromatic nitrogens is 3.